The van der Waals surface area contributed by atoms with E-state index in [1.165, 1.54) is 11.1 Å². The van der Waals surface area contributed by atoms with Gasteiger partial charge in [0.05, 0.1) is 0 Å². The Kier molecular flexibility index (Phi) is 3.37. The first-order valence-corrected chi connectivity index (χ1v) is 8.07. The summed E-state index contributed by atoms with van der Waals surface area (Å²) >= 11 is 0. The summed E-state index contributed by atoms with van der Waals surface area (Å²) in [6.45, 7) is 3.42. The van der Waals surface area contributed by atoms with Gasteiger partial charge in [0.2, 0.25) is 0 Å². The predicted molar refractivity (Wildman–Crippen MR) is 92.0 cm³/mol. The highest BCUT2D eigenvalue weighted by atomic mass is 15.2. The molecule has 23 heavy (non-hydrogen) atoms. The molecule has 0 saturated heterocycles. The molecule has 0 unspecified atom stereocenters. The SMILES string of the molecule is N=C1c2ccccc2CN1CCCN1Cc2ccccc2C1=N. The number of benzene rings is 2. The molecule has 0 bridgehead atoms. The summed E-state index contributed by atoms with van der Waals surface area (Å²) in [5.74, 6) is 1.28. The fraction of sp³-hybridized carbons (Fsp3) is 0.263. The molecule has 4 heteroatoms. The van der Waals surface area contributed by atoms with Crippen molar-refractivity contribution in [2.24, 2.45) is 0 Å². The van der Waals surface area contributed by atoms with Gasteiger partial charge in [-0.15, -0.1) is 0 Å². The number of hydrogen-bond acceptors (Lipinski definition) is 2. The van der Waals surface area contributed by atoms with Crippen molar-refractivity contribution >= 4 is 11.7 Å². The van der Waals surface area contributed by atoms with E-state index in [1.54, 1.807) is 0 Å². The molecule has 0 amide bonds. The zero-order valence-electron chi connectivity index (χ0n) is 13.0. The third-order valence-electron chi connectivity index (χ3n) is 4.76. The lowest BCUT2D eigenvalue weighted by molar-refractivity contribution is 0.360. The molecule has 0 aliphatic carbocycles. The molecular weight excluding hydrogens is 284 g/mol. The van der Waals surface area contributed by atoms with Gasteiger partial charge in [0.1, 0.15) is 11.7 Å². The molecule has 0 atom stereocenters. The maximum absolute atomic E-state index is 8.29. The lowest BCUT2D eigenvalue weighted by Gasteiger charge is -2.22. The highest BCUT2D eigenvalue weighted by Gasteiger charge is 2.25. The van der Waals surface area contributed by atoms with Gasteiger partial charge < -0.3 is 9.80 Å². The fourth-order valence-corrected chi connectivity index (χ4v) is 3.52. The van der Waals surface area contributed by atoms with Crippen LogP contribution in [-0.2, 0) is 13.1 Å². The molecule has 0 radical (unpaired) electrons. The van der Waals surface area contributed by atoms with E-state index in [2.05, 4.69) is 21.9 Å². The van der Waals surface area contributed by atoms with Gasteiger partial charge in [-0.05, 0) is 17.5 Å². The normalized spacial score (nSPS) is 16.0. The molecule has 0 fully saturated rings. The molecule has 0 aromatic heterocycles. The van der Waals surface area contributed by atoms with Crippen LogP contribution in [0.2, 0.25) is 0 Å². The second-order valence-electron chi connectivity index (χ2n) is 6.21. The van der Waals surface area contributed by atoms with Gasteiger partial charge in [-0.2, -0.15) is 0 Å². The van der Waals surface area contributed by atoms with Crippen LogP contribution >= 0.6 is 0 Å². The summed E-state index contributed by atoms with van der Waals surface area (Å²) in [7, 11) is 0. The second kappa shape index (κ2) is 5.54. The van der Waals surface area contributed by atoms with Crippen LogP contribution in [0.15, 0.2) is 48.5 Å². The zero-order valence-corrected chi connectivity index (χ0v) is 13.0. The number of hydrogen-bond donors (Lipinski definition) is 2. The smallest absolute Gasteiger partial charge is 0.128 e. The van der Waals surface area contributed by atoms with Crippen LogP contribution in [0.3, 0.4) is 0 Å². The van der Waals surface area contributed by atoms with Crippen molar-refractivity contribution in [2.75, 3.05) is 13.1 Å². The average molecular weight is 304 g/mol. The number of fused-ring (bicyclic) bond motifs is 2. The quantitative estimate of drug-likeness (QED) is 0.912. The fourth-order valence-electron chi connectivity index (χ4n) is 3.52. The van der Waals surface area contributed by atoms with Crippen molar-refractivity contribution < 1.29 is 0 Å². The van der Waals surface area contributed by atoms with Crippen LogP contribution in [0.25, 0.3) is 0 Å². The Morgan fingerprint density at radius 2 is 1.13 bits per heavy atom. The number of amidine groups is 2. The molecule has 4 nitrogen and oxygen atoms in total. The lowest BCUT2D eigenvalue weighted by Crippen LogP contribution is -2.30. The standard InChI is InChI=1S/C19H20N4/c20-18-16-8-3-1-6-14(16)12-22(18)10-5-11-23-13-15-7-2-4-9-17(15)19(23)21/h1-4,6-9,20-21H,5,10-13H2. The van der Waals surface area contributed by atoms with E-state index >= 15 is 0 Å². The third kappa shape index (κ3) is 2.40. The van der Waals surface area contributed by atoms with Crippen LogP contribution in [0.1, 0.15) is 28.7 Å². The van der Waals surface area contributed by atoms with Crippen LogP contribution in [0.4, 0.5) is 0 Å². The molecule has 2 aliphatic heterocycles. The highest BCUT2D eigenvalue weighted by molar-refractivity contribution is 6.00. The molecule has 4 rings (SSSR count). The summed E-state index contributed by atoms with van der Waals surface area (Å²) in [5.41, 5.74) is 4.63. The molecule has 2 aromatic carbocycles. The van der Waals surface area contributed by atoms with E-state index in [9.17, 15) is 0 Å². The summed E-state index contributed by atoms with van der Waals surface area (Å²) in [4.78, 5) is 4.27. The van der Waals surface area contributed by atoms with E-state index < -0.39 is 0 Å². The van der Waals surface area contributed by atoms with Crippen molar-refractivity contribution in [3.63, 3.8) is 0 Å². The number of nitrogens with one attached hydrogen (secondary N) is 2. The lowest BCUT2D eigenvalue weighted by atomic mass is 10.1. The molecule has 2 heterocycles. The van der Waals surface area contributed by atoms with Gasteiger partial charge in [-0.25, -0.2) is 0 Å². The van der Waals surface area contributed by atoms with E-state index in [0.29, 0.717) is 11.7 Å². The molecule has 0 spiro atoms. The maximum atomic E-state index is 8.29. The van der Waals surface area contributed by atoms with Crippen LogP contribution in [0, 0.1) is 10.8 Å². The first kappa shape index (κ1) is 14.0. The Morgan fingerprint density at radius 3 is 1.57 bits per heavy atom. The Morgan fingerprint density at radius 1 is 0.696 bits per heavy atom. The molecule has 2 aromatic rings. The number of nitrogens with zero attached hydrogens (tertiary/aromatic N) is 2. The van der Waals surface area contributed by atoms with E-state index in [1.807, 2.05) is 36.4 Å². The van der Waals surface area contributed by atoms with E-state index in [4.69, 9.17) is 10.8 Å². The van der Waals surface area contributed by atoms with Gasteiger partial charge in [-0.3, -0.25) is 10.8 Å². The van der Waals surface area contributed by atoms with Crippen molar-refractivity contribution in [1.29, 1.82) is 10.8 Å². The van der Waals surface area contributed by atoms with Gasteiger partial charge in [0.25, 0.3) is 0 Å². The number of rotatable bonds is 4. The van der Waals surface area contributed by atoms with Gasteiger partial charge in [0, 0.05) is 37.3 Å². The predicted octanol–water partition coefficient (Wildman–Crippen LogP) is 3.06. The van der Waals surface area contributed by atoms with E-state index in [0.717, 1.165) is 43.7 Å². The molecule has 0 saturated carbocycles. The zero-order chi connectivity index (χ0) is 15.8. The van der Waals surface area contributed by atoms with Crippen LogP contribution in [-0.4, -0.2) is 34.6 Å². The third-order valence-corrected chi connectivity index (χ3v) is 4.76. The Balaban J connectivity index is 1.34. The van der Waals surface area contributed by atoms with Gasteiger partial charge in [0.15, 0.2) is 0 Å². The van der Waals surface area contributed by atoms with Crippen molar-refractivity contribution in [1.82, 2.24) is 9.80 Å². The summed E-state index contributed by atoms with van der Waals surface area (Å²) < 4.78 is 0. The van der Waals surface area contributed by atoms with E-state index in [-0.39, 0.29) is 0 Å². The molecule has 116 valence electrons. The highest BCUT2D eigenvalue weighted by Crippen LogP contribution is 2.24. The van der Waals surface area contributed by atoms with Gasteiger partial charge >= 0.3 is 0 Å². The summed E-state index contributed by atoms with van der Waals surface area (Å²) in [5, 5.41) is 16.6. The minimum atomic E-state index is 0.639. The molecule has 2 aliphatic rings. The van der Waals surface area contributed by atoms with Crippen LogP contribution in [0.5, 0.6) is 0 Å². The average Bonchev–Trinajstić information content (AvgIpc) is 3.07. The first-order chi connectivity index (χ1) is 11.2. The minimum absolute atomic E-state index is 0.639. The maximum Gasteiger partial charge on any atom is 0.128 e. The molecule has 2 N–H and O–H groups in total. The Hall–Kier alpha value is -2.62. The minimum Gasteiger partial charge on any atom is -0.352 e. The largest absolute Gasteiger partial charge is 0.352 e. The van der Waals surface area contributed by atoms with Gasteiger partial charge in [-0.1, -0.05) is 48.5 Å². The first-order valence-electron chi connectivity index (χ1n) is 8.07. The van der Waals surface area contributed by atoms with Crippen molar-refractivity contribution in [3.05, 3.63) is 70.8 Å². The topological polar surface area (TPSA) is 54.2 Å². The Bertz CT molecular complexity index is 715. The molecular formula is C19H20N4. The summed E-state index contributed by atoms with van der Waals surface area (Å²) in [6.07, 6.45) is 0.965. The van der Waals surface area contributed by atoms with Crippen molar-refractivity contribution in [2.45, 2.75) is 19.5 Å². The van der Waals surface area contributed by atoms with Crippen LogP contribution < -0.4 is 0 Å². The second-order valence-corrected chi connectivity index (χ2v) is 6.21. The monoisotopic (exact) mass is 304 g/mol. The Labute approximate surface area is 136 Å². The summed E-state index contributed by atoms with van der Waals surface area (Å²) in [6, 6.07) is 16.4. The van der Waals surface area contributed by atoms with Crippen molar-refractivity contribution in [3.8, 4) is 0 Å².